The van der Waals surface area contributed by atoms with Gasteiger partial charge in [-0.25, -0.2) is 0 Å². The monoisotopic (exact) mass is 396 g/mol. The molecule has 0 amide bonds. The van der Waals surface area contributed by atoms with Gasteiger partial charge in [-0.2, -0.15) is 0 Å². The third-order valence-electron chi connectivity index (χ3n) is 8.63. The molecule has 0 aromatic rings. The third-order valence-corrected chi connectivity index (χ3v) is 8.63. The van der Waals surface area contributed by atoms with Crippen LogP contribution in [0, 0.1) is 35.0 Å². The van der Waals surface area contributed by atoms with Crippen LogP contribution in [0.3, 0.4) is 0 Å². The van der Waals surface area contributed by atoms with Crippen molar-refractivity contribution in [2.75, 3.05) is 0 Å². The molecule has 0 spiro atoms. The van der Waals surface area contributed by atoms with Crippen LogP contribution in [0.15, 0.2) is 47.6 Å². The molecule has 0 radical (unpaired) electrons. The molecule has 3 rings (SSSR count). The summed E-state index contributed by atoms with van der Waals surface area (Å²) in [4.78, 5) is 0. The van der Waals surface area contributed by atoms with Crippen molar-refractivity contribution in [1.82, 2.24) is 0 Å². The van der Waals surface area contributed by atoms with E-state index in [9.17, 15) is 5.11 Å². The van der Waals surface area contributed by atoms with Gasteiger partial charge in [-0.15, -0.1) is 0 Å². The highest BCUT2D eigenvalue weighted by molar-refractivity contribution is 5.36. The highest BCUT2D eigenvalue weighted by Gasteiger charge is 2.50. The lowest BCUT2D eigenvalue weighted by Crippen LogP contribution is -2.35. The first-order chi connectivity index (χ1) is 13.7. The van der Waals surface area contributed by atoms with Crippen LogP contribution in [0.1, 0.15) is 86.0 Å². The molecule has 1 unspecified atom stereocenters. The second kappa shape index (κ2) is 9.38. The van der Waals surface area contributed by atoms with Gasteiger partial charge in [-0.1, -0.05) is 76.6 Å². The van der Waals surface area contributed by atoms with E-state index in [0.717, 1.165) is 37.0 Å². The highest BCUT2D eigenvalue weighted by Crippen LogP contribution is 2.59. The normalized spacial score (nSPS) is 38.2. The van der Waals surface area contributed by atoms with Crippen LogP contribution >= 0.6 is 0 Å². The van der Waals surface area contributed by atoms with Crippen LogP contribution < -0.4 is 0 Å². The summed E-state index contributed by atoms with van der Waals surface area (Å²) in [6, 6.07) is 0. The molecule has 6 atom stereocenters. The fourth-order valence-electron chi connectivity index (χ4n) is 6.25. The van der Waals surface area contributed by atoms with E-state index in [4.69, 9.17) is 0 Å². The number of hydrogen-bond acceptors (Lipinski definition) is 1. The molecule has 162 valence electrons. The predicted molar refractivity (Wildman–Crippen MR) is 126 cm³/mol. The van der Waals surface area contributed by atoms with E-state index < -0.39 is 0 Å². The maximum atomic E-state index is 10.0. The SMILES string of the molecule is C=C1CC[C@H](O)CC1=CC=C1CCC[C@]2(C)[C@@H]([C@H](C)C=CC(C)C(C)C)CC[C@@H]12. The molecule has 3 aliphatic carbocycles. The Kier molecular flexibility index (Phi) is 7.31. The van der Waals surface area contributed by atoms with E-state index in [2.05, 4.69) is 65.5 Å². The minimum Gasteiger partial charge on any atom is -0.393 e. The second-order valence-electron chi connectivity index (χ2n) is 10.9. The Morgan fingerprint density at radius 2 is 1.79 bits per heavy atom. The summed E-state index contributed by atoms with van der Waals surface area (Å²) in [6.07, 6.45) is 18.8. The van der Waals surface area contributed by atoms with Crippen LogP contribution in [0.4, 0.5) is 0 Å². The van der Waals surface area contributed by atoms with Crippen molar-refractivity contribution in [2.24, 2.45) is 35.0 Å². The summed E-state index contributed by atoms with van der Waals surface area (Å²) >= 11 is 0. The Balaban J connectivity index is 1.75. The van der Waals surface area contributed by atoms with Crippen LogP contribution in [0.2, 0.25) is 0 Å². The fraction of sp³-hybridized carbons (Fsp3) is 0.714. The van der Waals surface area contributed by atoms with Gasteiger partial charge in [0.25, 0.3) is 0 Å². The largest absolute Gasteiger partial charge is 0.393 e. The Morgan fingerprint density at radius 1 is 1.03 bits per heavy atom. The van der Waals surface area contributed by atoms with E-state index >= 15 is 0 Å². The number of hydrogen-bond donors (Lipinski definition) is 1. The molecule has 29 heavy (non-hydrogen) atoms. The molecule has 0 saturated heterocycles. The molecule has 0 bridgehead atoms. The molecule has 1 N–H and O–H groups in total. The minimum absolute atomic E-state index is 0.182. The molecule has 3 fully saturated rings. The van der Waals surface area contributed by atoms with Crippen LogP contribution in [0.5, 0.6) is 0 Å². The summed E-state index contributed by atoms with van der Waals surface area (Å²) < 4.78 is 0. The number of aliphatic hydroxyl groups is 1. The summed E-state index contributed by atoms with van der Waals surface area (Å²) in [5.74, 6) is 3.58. The van der Waals surface area contributed by atoms with Crippen LogP contribution in [-0.2, 0) is 0 Å². The lowest BCUT2D eigenvalue weighted by atomic mass is 9.61. The zero-order chi connectivity index (χ0) is 21.2. The average molecular weight is 397 g/mol. The molecule has 3 saturated carbocycles. The Hall–Kier alpha value is -1.08. The van der Waals surface area contributed by atoms with Gasteiger partial charge in [0.05, 0.1) is 6.10 Å². The van der Waals surface area contributed by atoms with Crippen molar-refractivity contribution < 1.29 is 5.11 Å². The van der Waals surface area contributed by atoms with Crippen molar-refractivity contribution in [1.29, 1.82) is 0 Å². The quantitative estimate of drug-likeness (QED) is 0.473. The summed E-state index contributed by atoms with van der Waals surface area (Å²) in [5.41, 5.74) is 4.61. The number of fused-ring (bicyclic) bond motifs is 1. The minimum atomic E-state index is -0.182. The Morgan fingerprint density at radius 3 is 2.52 bits per heavy atom. The topological polar surface area (TPSA) is 20.2 Å². The first-order valence-corrected chi connectivity index (χ1v) is 12.2. The standard InChI is InChI=1S/C28H44O/c1-19(2)20(3)9-10-22(5)26-15-16-27-23(8-7-17-28(26,27)6)12-13-24-18-25(29)14-11-21(24)4/h9-10,12-13,19-20,22,25-27,29H,4,7-8,11,14-18H2,1-3,5-6H3/t20?,22-,25+,26-,27+,28-/m1/s1. The first kappa shape index (κ1) is 22.6. The fourth-order valence-corrected chi connectivity index (χ4v) is 6.25. The van der Waals surface area contributed by atoms with Gasteiger partial charge in [-0.05, 0) is 91.9 Å². The van der Waals surface area contributed by atoms with Gasteiger partial charge < -0.3 is 5.11 Å². The van der Waals surface area contributed by atoms with Crippen molar-refractivity contribution >= 4 is 0 Å². The molecular weight excluding hydrogens is 352 g/mol. The molecule has 1 heteroatoms. The molecule has 0 aromatic carbocycles. The second-order valence-corrected chi connectivity index (χ2v) is 10.9. The summed E-state index contributed by atoms with van der Waals surface area (Å²) in [6.45, 7) is 16.3. The number of aliphatic hydroxyl groups excluding tert-OH is 1. The predicted octanol–water partition coefficient (Wildman–Crippen LogP) is 7.64. The van der Waals surface area contributed by atoms with Crippen molar-refractivity contribution in [3.05, 3.63) is 47.6 Å². The van der Waals surface area contributed by atoms with E-state index in [0.29, 0.717) is 17.3 Å². The maximum absolute atomic E-state index is 10.0. The lowest BCUT2D eigenvalue weighted by Gasteiger charge is -2.44. The zero-order valence-electron chi connectivity index (χ0n) is 19.6. The van der Waals surface area contributed by atoms with Gasteiger partial charge in [0.2, 0.25) is 0 Å². The van der Waals surface area contributed by atoms with Crippen LogP contribution in [0.25, 0.3) is 0 Å². The molecule has 0 heterocycles. The highest BCUT2D eigenvalue weighted by atomic mass is 16.3. The average Bonchev–Trinajstić information content (AvgIpc) is 3.04. The maximum Gasteiger partial charge on any atom is 0.0583 e. The van der Waals surface area contributed by atoms with Gasteiger partial charge in [0.1, 0.15) is 0 Å². The van der Waals surface area contributed by atoms with E-state index in [1.165, 1.54) is 43.3 Å². The third kappa shape index (κ3) is 4.98. The molecule has 1 nitrogen and oxygen atoms in total. The zero-order valence-corrected chi connectivity index (χ0v) is 19.6. The molecule has 3 aliphatic rings. The lowest BCUT2D eigenvalue weighted by molar-refractivity contribution is 0.112. The number of rotatable bonds is 5. The molecular formula is C28H44O. The summed E-state index contributed by atoms with van der Waals surface area (Å²) in [5, 5.41) is 10.0. The van der Waals surface area contributed by atoms with E-state index in [1.807, 2.05) is 0 Å². The van der Waals surface area contributed by atoms with Gasteiger partial charge >= 0.3 is 0 Å². The van der Waals surface area contributed by atoms with E-state index in [1.54, 1.807) is 5.57 Å². The van der Waals surface area contributed by atoms with Gasteiger partial charge in [0.15, 0.2) is 0 Å². The van der Waals surface area contributed by atoms with Crippen LogP contribution in [-0.4, -0.2) is 11.2 Å². The molecule has 0 aromatic heterocycles. The van der Waals surface area contributed by atoms with Crippen molar-refractivity contribution in [3.8, 4) is 0 Å². The van der Waals surface area contributed by atoms with Crippen molar-refractivity contribution in [3.63, 3.8) is 0 Å². The van der Waals surface area contributed by atoms with Gasteiger partial charge in [-0.3, -0.25) is 0 Å². The number of allylic oxidation sites excluding steroid dienone is 6. The molecule has 0 aliphatic heterocycles. The smallest absolute Gasteiger partial charge is 0.0583 e. The summed E-state index contributed by atoms with van der Waals surface area (Å²) in [7, 11) is 0. The Labute approximate surface area is 180 Å². The van der Waals surface area contributed by atoms with E-state index in [-0.39, 0.29) is 6.10 Å². The van der Waals surface area contributed by atoms with Gasteiger partial charge in [0, 0.05) is 0 Å². The Bertz CT molecular complexity index is 678. The first-order valence-electron chi connectivity index (χ1n) is 12.2. The van der Waals surface area contributed by atoms with Crippen molar-refractivity contribution in [2.45, 2.75) is 92.1 Å².